The molecule has 0 radical (unpaired) electrons. The average molecular weight is 242 g/mol. The Hall–Kier alpha value is -2.10. The molecule has 1 saturated carbocycles. The number of amides is 1. The van der Waals surface area contributed by atoms with Crippen molar-refractivity contribution in [3.05, 3.63) is 47.3 Å². The van der Waals surface area contributed by atoms with Crippen molar-refractivity contribution < 1.29 is 9.32 Å². The topological polar surface area (TPSA) is 55.1 Å². The minimum absolute atomic E-state index is 0.227. The maximum absolute atomic E-state index is 11.9. The fourth-order valence-corrected chi connectivity index (χ4v) is 1.79. The van der Waals surface area contributed by atoms with Crippen molar-refractivity contribution in [2.75, 3.05) is 5.32 Å². The van der Waals surface area contributed by atoms with E-state index in [1.165, 1.54) is 0 Å². The first kappa shape index (κ1) is 11.0. The van der Waals surface area contributed by atoms with Gasteiger partial charge in [0.05, 0.1) is 0 Å². The molecule has 0 unspecified atom stereocenters. The summed E-state index contributed by atoms with van der Waals surface area (Å²) in [5.41, 5.74) is 2.27. The van der Waals surface area contributed by atoms with Crippen LogP contribution in [-0.2, 0) is 0 Å². The van der Waals surface area contributed by atoms with Gasteiger partial charge in [-0.3, -0.25) is 4.79 Å². The number of nitrogens with zero attached hydrogens (tertiary/aromatic N) is 1. The van der Waals surface area contributed by atoms with E-state index in [1.54, 1.807) is 6.07 Å². The van der Waals surface area contributed by atoms with Crippen LogP contribution in [-0.4, -0.2) is 11.1 Å². The van der Waals surface area contributed by atoms with E-state index in [0.717, 1.165) is 29.9 Å². The average Bonchev–Trinajstić information content (AvgIpc) is 3.10. The molecule has 3 rings (SSSR count). The molecule has 1 amide bonds. The van der Waals surface area contributed by atoms with Crippen LogP contribution < -0.4 is 5.32 Å². The number of anilines is 1. The predicted octanol–water partition coefficient (Wildman–Crippen LogP) is 3.11. The number of rotatable bonds is 3. The van der Waals surface area contributed by atoms with E-state index < -0.39 is 0 Å². The number of benzene rings is 1. The smallest absolute Gasteiger partial charge is 0.277 e. The lowest BCUT2D eigenvalue weighted by Gasteiger charge is -2.02. The summed E-state index contributed by atoms with van der Waals surface area (Å²) >= 11 is 0. The van der Waals surface area contributed by atoms with E-state index in [1.807, 2.05) is 31.2 Å². The Kier molecular flexibility index (Phi) is 2.63. The number of hydrogen-bond donors (Lipinski definition) is 1. The Bertz CT molecular complexity index is 568. The van der Waals surface area contributed by atoms with Crippen molar-refractivity contribution in [3.63, 3.8) is 0 Å². The van der Waals surface area contributed by atoms with Gasteiger partial charge in [0.2, 0.25) is 0 Å². The second-order valence-electron chi connectivity index (χ2n) is 4.71. The number of nitrogens with one attached hydrogen (secondary N) is 1. The third-order valence-corrected chi connectivity index (χ3v) is 3.05. The molecule has 1 N–H and O–H groups in total. The van der Waals surface area contributed by atoms with E-state index in [4.69, 9.17) is 4.52 Å². The van der Waals surface area contributed by atoms with Gasteiger partial charge in [0.15, 0.2) is 5.69 Å². The van der Waals surface area contributed by atoms with Gasteiger partial charge in [0.1, 0.15) is 5.76 Å². The van der Waals surface area contributed by atoms with Crippen molar-refractivity contribution in [2.45, 2.75) is 25.7 Å². The largest absolute Gasteiger partial charge is 0.360 e. The van der Waals surface area contributed by atoms with Gasteiger partial charge in [-0.05, 0) is 31.9 Å². The maximum atomic E-state index is 11.9. The zero-order valence-electron chi connectivity index (χ0n) is 10.1. The molecule has 92 valence electrons. The third kappa shape index (κ3) is 2.27. The van der Waals surface area contributed by atoms with Crippen LogP contribution in [0.1, 0.15) is 40.6 Å². The molecule has 4 heteroatoms. The van der Waals surface area contributed by atoms with Crippen LogP contribution >= 0.6 is 0 Å². The fourth-order valence-electron chi connectivity index (χ4n) is 1.79. The van der Waals surface area contributed by atoms with Gasteiger partial charge in [-0.2, -0.15) is 0 Å². The van der Waals surface area contributed by atoms with Crippen molar-refractivity contribution in [1.29, 1.82) is 0 Å². The van der Waals surface area contributed by atoms with Crippen molar-refractivity contribution in [3.8, 4) is 0 Å². The summed E-state index contributed by atoms with van der Waals surface area (Å²) in [6.07, 6.45) is 2.27. The highest BCUT2D eigenvalue weighted by atomic mass is 16.5. The molecule has 0 bridgehead atoms. The van der Waals surface area contributed by atoms with Gasteiger partial charge >= 0.3 is 0 Å². The van der Waals surface area contributed by atoms with Crippen molar-refractivity contribution >= 4 is 11.6 Å². The normalized spacial score (nSPS) is 14.5. The van der Waals surface area contributed by atoms with Crippen LogP contribution in [0.5, 0.6) is 0 Å². The number of aromatic nitrogens is 1. The summed E-state index contributed by atoms with van der Waals surface area (Å²) in [5.74, 6) is 1.07. The summed E-state index contributed by atoms with van der Waals surface area (Å²) in [6.45, 7) is 2.01. The molecular weight excluding hydrogens is 228 g/mol. The molecule has 1 aliphatic rings. The standard InChI is InChI=1S/C14H14N2O2/c1-9-2-6-11(7-3-9)15-14(17)12-8-13(18-16-12)10-4-5-10/h2-3,6-8,10H,4-5H2,1H3,(H,15,17). The molecule has 0 saturated heterocycles. The Labute approximate surface area is 105 Å². The SMILES string of the molecule is Cc1ccc(NC(=O)c2cc(C3CC3)on2)cc1. The molecule has 0 aliphatic heterocycles. The summed E-state index contributed by atoms with van der Waals surface area (Å²) in [5, 5.41) is 6.60. The Morgan fingerprint density at radius 2 is 2.06 bits per heavy atom. The number of aryl methyl sites for hydroxylation is 1. The first-order valence-electron chi connectivity index (χ1n) is 6.07. The fraction of sp³-hybridized carbons (Fsp3) is 0.286. The zero-order valence-corrected chi connectivity index (χ0v) is 10.1. The van der Waals surface area contributed by atoms with E-state index in [0.29, 0.717) is 11.6 Å². The van der Waals surface area contributed by atoms with Crippen molar-refractivity contribution in [2.24, 2.45) is 0 Å². The molecule has 4 nitrogen and oxygen atoms in total. The number of hydrogen-bond acceptors (Lipinski definition) is 3. The molecular formula is C14H14N2O2. The highest BCUT2D eigenvalue weighted by Crippen LogP contribution is 2.40. The van der Waals surface area contributed by atoms with Crippen molar-refractivity contribution in [1.82, 2.24) is 5.16 Å². The van der Waals surface area contributed by atoms with Crippen LogP contribution in [0, 0.1) is 6.92 Å². The van der Waals surface area contributed by atoms with Crippen LogP contribution in [0.15, 0.2) is 34.9 Å². The Balaban J connectivity index is 1.71. The van der Waals surface area contributed by atoms with Gasteiger partial charge in [-0.15, -0.1) is 0 Å². The molecule has 1 fully saturated rings. The minimum atomic E-state index is -0.227. The molecule has 1 heterocycles. The zero-order chi connectivity index (χ0) is 12.5. The molecule has 2 aromatic rings. The monoisotopic (exact) mass is 242 g/mol. The van der Waals surface area contributed by atoms with Crippen LogP contribution in [0.2, 0.25) is 0 Å². The van der Waals surface area contributed by atoms with Gasteiger partial charge in [-0.1, -0.05) is 22.9 Å². The second kappa shape index (κ2) is 4.29. The van der Waals surface area contributed by atoms with Gasteiger partial charge in [-0.25, -0.2) is 0 Å². The first-order valence-corrected chi connectivity index (χ1v) is 6.07. The lowest BCUT2D eigenvalue weighted by atomic mass is 10.2. The van der Waals surface area contributed by atoms with E-state index in [-0.39, 0.29) is 5.91 Å². The summed E-state index contributed by atoms with van der Waals surface area (Å²) in [4.78, 5) is 11.9. The maximum Gasteiger partial charge on any atom is 0.277 e. The Morgan fingerprint density at radius 1 is 1.33 bits per heavy atom. The summed E-state index contributed by atoms with van der Waals surface area (Å²) in [6, 6.07) is 9.38. The van der Waals surface area contributed by atoms with E-state index in [2.05, 4.69) is 10.5 Å². The molecule has 0 spiro atoms. The number of carbonyl (C=O) groups excluding carboxylic acids is 1. The molecule has 18 heavy (non-hydrogen) atoms. The lowest BCUT2D eigenvalue weighted by molar-refractivity contribution is 0.101. The van der Waals surface area contributed by atoms with Gasteiger partial charge in [0.25, 0.3) is 5.91 Å². The summed E-state index contributed by atoms with van der Waals surface area (Å²) < 4.78 is 5.16. The Morgan fingerprint density at radius 3 is 2.72 bits per heavy atom. The van der Waals surface area contributed by atoms with E-state index in [9.17, 15) is 4.79 Å². The van der Waals surface area contributed by atoms with E-state index >= 15 is 0 Å². The molecule has 1 aromatic heterocycles. The quantitative estimate of drug-likeness (QED) is 0.899. The molecule has 1 aliphatic carbocycles. The highest BCUT2D eigenvalue weighted by Gasteiger charge is 2.28. The third-order valence-electron chi connectivity index (χ3n) is 3.05. The van der Waals surface area contributed by atoms with Gasteiger partial charge in [0, 0.05) is 17.7 Å². The number of carbonyl (C=O) groups is 1. The highest BCUT2D eigenvalue weighted by molar-refractivity contribution is 6.02. The predicted molar refractivity (Wildman–Crippen MR) is 67.6 cm³/mol. The van der Waals surface area contributed by atoms with Gasteiger partial charge < -0.3 is 9.84 Å². The molecule has 0 atom stereocenters. The van der Waals surface area contributed by atoms with Crippen LogP contribution in [0.4, 0.5) is 5.69 Å². The summed E-state index contributed by atoms with van der Waals surface area (Å²) in [7, 11) is 0. The second-order valence-corrected chi connectivity index (χ2v) is 4.71. The lowest BCUT2D eigenvalue weighted by Crippen LogP contribution is -2.12. The molecule has 1 aromatic carbocycles. The minimum Gasteiger partial charge on any atom is -0.360 e. The van der Waals surface area contributed by atoms with Crippen LogP contribution in [0.3, 0.4) is 0 Å². The van der Waals surface area contributed by atoms with Crippen LogP contribution in [0.25, 0.3) is 0 Å². The first-order chi connectivity index (χ1) is 8.72.